The fourth-order valence-corrected chi connectivity index (χ4v) is 2.42. The summed E-state index contributed by atoms with van der Waals surface area (Å²) in [5.41, 5.74) is -0.264. The average Bonchev–Trinajstić information content (AvgIpc) is 1.96. The lowest BCUT2D eigenvalue weighted by atomic mass is 9.76. The first-order valence-electron chi connectivity index (χ1n) is 4.40. The standard InChI is InChI=1S/C8H16FO3P/c1-6(2)8(4)5-11-13(9,10)12-7(8)3/h6-7H,5H2,1-4H3. The maximum Gasteiger partial charge on any atom is 0.513 e. The van der Waals surface area contributed by atoms with Crippen molar-refractivity contribution >= 4 is 7.91 Å². The van der Waals surface area contributed by atoms with E-state index in [1.807, 2.05) is 20.8 Å². The van der Waals surface area contributed by atoms with Crippen molar-refractivity contribution in [2.45, 2.75) is 33.8 Å². The SMILES string of the molecule is CC(C)C1(C)COP(=O)(F)OC1C. The molecule has 78 valence electrons. The summed E-state index contributed by atoms with van der Waals surface area (Å²) in [6, 6.07) is 0. The molecular weight excluding hydrogens is 194 g/mol. The predicted molar refractivity (Wildman–Crippen MR) is 48.2 cm³/mol. The van der Waals surface area contributed by atoms with Gasteiger partial charge in [0.25, 0.3) is 0 Å². The molecule has 0 N–H and O–H groups in total. The second-order valence-corrected chi connectivity index (χ2v) is 5.44. The van der Waals surface area contributed by atoms with Gasteiger partial charge in [-0.3, -0.25) is 9.05 Å². The van der Waals surface area contributed by atoms with E-state index in [2.05, 4.69) is 4.52 Å². The van der Waals surface area contributed by atoms with Crippen LogP contribution in [0.15, 0.2) is 0 Å². The number of halogens is 1. The van der Waals surface area contributed by atoms with Crippen LogP contribution in [0.3, 0.4) is 0 Å². The molecule has 0 spiro atoms. The van der Waals surface area contributed by atoms with Crippen molar-refractivity contribution in [1.82, 2.24) is 0 Å². The Kier molecular flexibility index (Phi) is 2.86. The van der Waals surface area contributed by atoms with Crippen molar-refractivity contribution in [3.05, 3.63) is 0 Å². The predicted octanol–water partition coefficient (Wildman–Crippen LogP) is 3.16. The fourth-order valence-electron chi connectivity index (χ4n) is 1.31. The molecule has 0 radical (unpaired) electrons. The highest BCUT2D eigenvalue weighted by atomic mass is 31.2. The van der Waals surface area contributed by atoms with Gasteiger partial charge in [0, 0.05) is 5.41 Å². The van der Waals surface area contributed by atoms with E-state index < -0.39 is 7.91 Å². The minimum Gasteiger partial charge on any atom is -0.283 e. The third-order valence-electron chi connectivity index (χ3n) is 3.06. The van der Waals surface area contributed by atoms with Gasteiger partial charge < -0.3 is 0 Å². The van der Waals surface area contributed by atoms with E-state index >= 15 is 0 Å². The Labute approximate surface area is 78.3 Å². The Bertz CT molecular complexity index is 244. The van der Waals surface area contributed by atoms with Gasteiger partial charge in [0.2, 0.25) is 0 Å². The van der Waals surface area contributed by atoms with Crippen LogP contribution in [-0.4, -0.2) is 12.7 Å². The van der Waals surface area contributed by atoms with Gasteiger partial charge in [0.15, 0.2) is 0 Å². The fraction of sp³-hybridized carbons (Fsp3) is 1.00. The first-order valence-corrected chi connectivity index (χ1v) is 5.84. The molecule has 3 atom stereocenters. The Balaban J connectivity index is 2.79. The number of hydrogen-bond donors (Lipinski definition) is 0. The number of hydrogen-bond acceptors (Lipinski definition) is 3. The summed E-state index contributed by atoms with van der Waals surface area (Å²) >= 11 is 0. The van der Waals surface area contributed by atoms with Gasteiger partial charge in [-0.1, -0.05) is 20.8 Å². The highest BCUT2D eigenvalue weighted by molar-refractivity contribution is 7.48. The van der Waals surface area contributed by atoms with Gasteiger partial charge in [-0.05, 0) is 12.8 Å². The van der Waals surface area contributed by atoms with Gasteiger partial charge in [-0.15, -0.1) is 4.20 Å². The second kappa shape index (κ2) is 3.34. The molecule has 0 saturated carbocycles. The van der Waals surface area contributed by atoms with Crippen molar-refractivity contribution in [3.8, 4) is 0 Å². The molecule has 5 heteroatoms. The monoisotopic (exact) mass is 210 g/mol. The molecule has 3 unspecified atom stereocenters. The average molecular weight is 210 g/mol. The zero-order valence-corrected chi connectivity index (χ0v) is 9.31. The zero-order valence-electron chi connectivity index (χ0n) is 8.41. The van der Waals surface area contributed by atoms with Crippen LogP contribution in [0.4, 0.5) is 4.20 Å². The Morgan fingerprint density at radius 3 is 2.54 bits per heavy atom. The quantitative estimate of drug-likeness (QED) is 0.623. The molecule has 1 aliphatic heterocycles. The van der Waals surface area contributed by atoms with Crippen molar-refractivity contribution in [2.75, 3.05) is 6.61 Å². The van der Waals surface area contributed by atoms with E-state index in [-0.39, 0.29) is 18.1 Å². The van der Waals surface area contributed by atoms with E-state index in [9.17, 15) is 8.76 Å². The lowest BCUT2D eigenvalue weighted by Gasteiger charge is -2.42. The first-order chi connectivity index (χ1) is 5.78. The van der Waals surface area contributed by atoms with Gasteiger partial charge >= 0.3 is 7.91 Å². The molecule has 0 aromatic carbocycles. The van der Waals surface area contributed by atoms with Gasteiger partial charge in [0.05, 0.1) is 12.7 Å². The molecule has 1 saturated heterocycles. The molecule has 3 nitrogen and oxygen atoms in total. The number of rotatable bonds is 1. The topological polar surface area (TPSA) is 35.5 Å². The first kappa shape index (κ1) is 11.2. The van der Waals surface area contributed by atoms with E-state index in [1.54, 1.807) is 6.92 Å². The second-order valence-electron chi connectivity index (χ2n) is 4.11. The molecule has 13 heavy (non-hydrogen) atoms. The summed E-state index contributed by atoms with van der Waals surface area (Å²) in [7, 11) is -4.26. The highest BCUT2D eigenvalue weighted by Crippen LogP contribution is 2.58. The van der Waals surface area contributed by atoms with Gasteiger partial charge in [-0.25, -0.2) is 4.57 Å². The molecule has 0 bridgehead atoms. The van der Waals surface area contributed by atoms with Crippen LogP contribution in [-0.2, 0) is 13.6 Å². The Morgan fingerprint density at radius 1 is 1.62 bits per heavy atom. The maximum absolute atomic E-state index is 12.8. The molecule has 0 aromatic rings. The maximum atomic E-state index is 12.8. The normalized spacial score (nSPS) is 46.8. The van der Waals surface area contributed by atoms with E-state index in [4.69, 9.17) is 4.52 Å². The minimum absolute atomic E-state index is 0.152. The molecule has 1 fully saturated rings. The Morgan fingerprint density at radius 2 is 2.15 bits per heavy atom. The largest absolute Gasteiger partial charge is 0.513 e. The molecular formula is C8H16FO3P. The third kappa shape index (κ3) is 2.12. The van der Waals surface area contributed by atoms with E-state index in [0.717, 1.165) is 0 Å². The lowest BCUT2D eigenvalue weighted by molar-refractivity contribution is -0.0627. The van der Waals surface area contributed by atoms with Crippen LogP contribution in [0, 0.1) is 11.3 Å². The van der Waals surface area contributed by atoms with Gasteiger partial charge in [-0.2, -0.15) is 0 Å². The van der Waals surface area contributed by atoms with Gasteiger partial charge in [0.1, 0.15) is 0 Å². The van der Waals surface area contributed by atoms with Crippen molar-refractivity contribution in [1.29, 1.82) is 0 Å². The van der Waals surface area contributed by atoms with Crippen LogP contribution in [0.2, 0.25) is 0 Å². The van der Waals surface area contributed by atoms with Crippen LogP contribution in [0.5, 0.6) is 0 Å². The summed E-state index contributed by atoms with van der Waals surface area (Å²) in [5.74, 6) is 0.294. The summed E-state index contributed by atoms with van der Waals surface area (Å²) < 4.78 is 33.0. The van der Waals surface area contributed by atoms with Crippen LogP contribution < -0.4 is 0 Å². The van der Waals surface area contributed by atoms with E-state index in [1.165, 1.54) is 0 Å². The molecule has 1 rings (SSSR count). The van der Waals surface area contributed by atoms with E-state index in [0.29, 0.717) is 5.92 Å². The molecule has 1 heterocycles. The third-order valence-corrected chi connectivity index (χ3v) is 4.07. The summed E-state index contributed by atoms with van der Waals surface area (Å²) in [6.07, 6.45) is -0.378. The zero-order chi connectivity index (χ0) is 10.3. The molecule has 0 aromatic heterocycles. The van der Waals surface area contributed by atoms with Crippen LogP contribution >= 0.6 is 7.91 Å². The van der Waals surface area contributed by atoms with Crippen molar-refractivity contribution < 1.29 is 17.8 Å². The highest BCUT2D eigenvalue weighted by Gasteiger charge is 2.46. The lowest BCUT2D eigenvalue weighted by Crippen LogP contribution is -2.43. The minimum atomic E-state index is -4.26. The van der Waals surface area contributed by atoms with Crippen LogP contribution in [0.1, 0.15) is 27.7 Å². The smallest absolute Gasteiger partial charge is 0.283 e. The molecule has 0 amide bonds. The molecule has 0 aliphatic carbocycles. The van der Waals surface area contributed by atoms with Crippen LogP contribution in [0.25, 0.3) is 0 Å². The molecule has 1 aliphatic rings. The van der Waals surface area contributed by atoms with Crippen molar-refractivity contribution in [2.24, 2.45) is 11.3 Å². The summed E-state index contributed by atoms with van der Waals surface area (Å²) in [6.45, 7) is 7.85. The summed E-state index contributed by atoms with van der Waals surface area (Å²) in [4.78, 5) is 0. The van der Waals surface area contributed by atoms with Crippen molar-refractivity contribution in [3.63, 3.8) is 0 Å². The summed E-state index contributed by atoms with van der Waals surface area (Å²) in [5, 5.41) is 0. The Hall–Kier alpha value is 0.0800.